The molecule has 0 aliphatic carbocycles. The molecule has 0 aromatic heterocycles. The second-order valence-electron chi connectivity index (χ2n) is 15.2. The number of aryl methyl sites for hydroxylation is 1. The Balaban J connectivity index is 1.92. The number of likely N-dealkylation sites (N-methyl/N-ethyl adjacent to an activating group) is 2. The van der Waals surface area contributed by atoms with E-state index >= 15 is 0 Å². The van der Waals surface area contributed by atoms with E-state index < -0.39 is 35.5 Å². The van der Waals surface area contributed by atoms with Crippen molar-refractivity contribution in [1.29, 1.82) is 0 Å². The van der Waals surface area contributed by atoms with Crippen LogP contribution >= 0.6 is 0 Å². The summed E-state index contributed by atoms with van der Waals surface area (Å²) in [5.41, 5.74) is 3.52. The molecule has 0 aliphatic rings. The van der Waals surface area contributed by atoms with Crippen LogP contribution in [-0.4, -0.2) is 106 Å². The summed E-state index contributed by atoms with van der Waals surface area (Å²) in [6, 6.07) is 15.3. The quantitative estimate of drug-likeness (QED) is 0.0442. The smallest absolute Gasteiger partial charge is 0.342 e. The molecule has 0 fully saturated rings. The summed E-state index contributed by atoms with van der Waals surface area (Å²) in [6.45, 7) is 12.1. The van der Waals surface area contributed by atoms with Gasteiger partial charge in [-0.15, -0.1) is 0 Å². The number of benzene rings is 3. The zero-order valence-corrected chi connectivity index (χ0v) is 35.5. The van der Waals surface area contributed by atoms with Gasteiger partial charge in [-0.2, -0.15) is 4.89 Å². The van der Waals surface area contributed by atoms with Gasteiger partial charge in [0, 0.05) is 87.0 Å². The van der Waals surface area contributed by atoms with Gasteiger partial charge in [-0.3, -0.25) is 14.5 Å². The second kappa shape index (κ2) is 25.6. The summed E-state index contributed by atoms with van der Waals surface area (Å²) in [5.74, 6) is 2.89. The third kappa shape index (κ3) is 17.4. The molecule has 3 aromatic rings. The lowest BCUT2D eigenvalue weighted by atomic mass is 9.90. The van der Waals surface area contributed by atoms with Crippen molar-refractivity contribution in [3.05, 3.63) is 106 Å². The Morgan fingerprint density at radius 3 is 2.19 bits per heavy atom. The Morgan fingerprint density at radius 1 is 0.810 bits per heavy atom. The van der Waals surface area contributed by atoms with E-state index in [0.717, 1.165) is 61.5 Å². The van der Waals surface area contributed by atoms with Crippen LogP contribution < -0.4 is 10.6 Å². The Labute approximate surface area is 344 Å². The maximum atomic E-state index is 14.5. The van der Waals surface area contributed by atoms with E-state index in [1.165, 1.54) is 12.1 Å². The van der Waals surface area contributed by atoms with Gasteiger partial charge in [-0.25, -0.2) is 13.6 Å². The fourth-order valence-electron chi connectivity index (χ4n) is 6.48. The predicted molar refractivity (Wildman–Crippen MR) is 225 cm³/mol. The molecule has 3 rings (SSSR count). The SMILES string of the molecule is CCCC#Cc1cccc(CNCC(CC(=O)OOCCN(C)CCN(C)C)C(Cc2cc(F)cc(F)c2)NC(=O)c2cc(C)cc(C(=O)N(CCC)CCC)c2)c1. The molecule has 0 radical (unpaired) electrons. The molecule has 0 saturated carbocycles. The number of amides is 2. The van der Waals surface area contributed by atoms with Crippen molar-refractivity contribution in [2.24, 2.45) is 5.92 Å². The van der Waals surface area contributed by atoms with Crippen LogP contribution in [0.1, 0.15) is 95.8 Å². The van der Waals surface area contributed by atoms with Crippen molar-refractivity contribution in [2.45, 2.75) is 78.8 Å². The van der Waals surface area contributed by atoms with Crippen molar-refractivity contribution in [3.8, 4) is 11.8 Å². The highest BCUT2D eigenvalue weighted by atomic mass is 19.1. The van der Waals surface area contributed by atoms with Crippen LogP contribution in [0.3, 0.4) is 0 Å². The Kier molecular flexibility index (Phi) is 21.1. The van der Waals surface area contributed by atoms with E-state index in [-0.39, 0.29) is 37.5 Å². The van der Waals surface area contributed by atoms with Crippen LogP contribution in [0.5, 0.6) is 0 Å². The molecular formula is C46H63F2N5O5. The number of carbonyl (C=O) groups is 3. The number of rotatable bonds is 24. The summed E-state index contributed by atoms with van der Waals surface area (Å²) in [5, 5.41) is 6.49. The lowest BCUT2D eigenvalue weighted by Crippen LogP contribution is -2.46. The average Bonchev–Trinajstić information content (AvgIpc) is 3.17. The van der Waals surface area contributed by atoms with Gasteiger partial charge < -0.3 is 25.3 Å². The summed E-state index contributed by atoms with van der Waals surface area (Å²) < 4.78 is 29.0. The third-order valence-electron chi connectivity index (χ3n) is 9.46. The van der Waals surface area contributed by atoms with Gasteiger partial charge in [-0.1, -0.05) is 44.7 Å². The second-order valence-corrected chi connectivity index (χ2v) is 15.2. The Morgan fingerprint density at radius 2 is 1.52 bits per heavy atom. The van der Waals surface area contributed by atoms with Gasteiger partial charge in [0.15, 0.2) is 0 Å². The molecule has 2 unspecified atom stereocenters. The zero-order valence-electron chi connectivity index (χ0n) is 35.5. The molecule has 2 amide bonds. The third-order valence-corrected chi connectivity index (χ3v) is 9.46. The van der Waals surface area contributed by atoms with E-state index in [4.69, 9.17) is 9.78 Å². The molecule has 10 nitrogen and oxygen atoms in total. The number of unbranched alkanes of at least 4 members (excludes halogenated alkanes) is 1. The van der Waals surface area contributed by atoms with E-state index in [2.05, 4.69) is 39.2 Å². The van der Waals surface area contributed by atoms with Crippen LogP contribution in [0.2, 0.25) is 0 Å². The molecule has 0 bridgehead atoms. The predicted octanol–water partition coefficient (Wildman–Crippen LogP) is 6.79. The number of halogens is 2. The molecular weight excluding hydrogens is 741 g/mol. The largest absolute Gasteiger partial charge is 0.349 e. The summed E-state index contributed by atoms with van der Waals surface area (Å²) in [4.78, 5) is 57.6. The van der Waals surface area contributed by atoms with E-state index in [9.17, 15) is 23.2 Å². The van der Waals surface area contributed by atoms with E-state index in [1.807, 2.05) is 66.2 Å². The van der Waals surface area contributed by atoms with Gasteiger partial charge in [-0.05, 0) is 113 Å². The number of nitrogens with one attached hydrogen (secondary N) is 2. The van der Waals surface area contributed by atoms with Crippen LogP contribution in [0.25, 0.3) is 0 Å². The molecule has 0 aliphatic heterocycles. The first-order valence-corrected chi connectivity index (χ1v) is 20.4. The molecule has 3 aromatic carbocycles. The van der Waals surface area contributed by atoms with Crippen LogP contribution in [0.4, 0.5) is 8.78 Å². The Bertz CT molecular complexity index is 1800. The summed E-state index contributed by atoms with van der Waals surface area (Å²) >= 11 is 0. The van der Waals surface area contributed by atoms with Crippen LogP contribution in [0.15, 0.2) is 60.7 Å². The molecule has 2 atom stereocenters. The highest BCUT2D eigenvalue weighted by Crippen LogP contribution is 2.20. The van der Waals surface area contributed by atoms with Crippen molar-refractivity contribution in [1.82, 2.24) is 25.3 Å². The highest BCUT2D eigenvalue weighted by Gasteiger charge is 2.29. The summed E-state index contributed by atoms with van der Waals surface area (Å²) in [7, 11) is 5.94. The first-order chi connectivity index (χ1) is 27.8. The van der Waals surface area contributed by atoms with Crippen molar-refractivity contribution >= 4 is 17.8 Å². The van der Waals surface area contributed by atoms with Gasteiger partial charge in [0.05, 0.1) is 6.42 Å². The molecule has 0 saturated heterocycles. The maximum Gasteiger partial charge on any atom is 0.342 e. The number of hydrogen-bond acceptors (Lipinski definition) is 8. The Hall–Kier alpha value is -4.67. The molecule has 0 spiro atoms. The van der Waals surface area contributed by atoms with Gasteiger partial charge in [0.2, 0.25) is 0 Å². The van der Waals surface area contributed by atoms with Crippen LogP contribution in [0, 0.1) is 36.3 Å². The van der Waals surface area contributed by atoms with E-state index in [1.54, 1.807) is 23.1 Å². The first kappa shape index (κ1) is 47.7. The van der Waals surface area contributed by atoms with Gasteiger partial charge in [0.25, 0.3) is 11.8 Å². The van der Waals surface area contributed by atoms with Crippen molar-refractivity contribution in [2.75, 3.05) is 67.0 Å². The minimum Gasteiger partial charge on any atom is -0.349 e. The highest BCUT2D eigenvalue weighted by molar-refractivity contribution is 6.00. The molecule has 316 valence electrons. The van der Waals surface area contributed by atoms with Crippen LogP contribution in [-0.2, 0) is 27.5 Å². The lowest BCUT2D eigenvalue weighted by molar-refractivity contribution is -0.274. The maximum absolute atomic E-state index is 14.5. The standard InChI is InChI=1S/C46H63F2N5O5/c1-8-11-12-14-35-15-13-16-36(25-35)32-49-33-40(30-44(54)58-57-22-21-52(7)20-19-51(5)6)43(28-37-26-41(47)31-42(48)27-37)50-45(55)38-23-34(4)24-39(29-38)46(56)53(17-9-2)18-10-3/h13,15-16,23-27,29,31,40,43,49H,8-11,17-22,28,30,32-33H2,1-7H3,(H,50,55). The molecule has 12 heteroatoms. The monoisotopic (exact) mass is 803 g/mol. The van der Waals surface area contributed by atoms with E-state index in [0.29, 0.717) is 37.3 Å². The molecule has 58 heavy (non-hydrogen) atoms. The van der Waals surface area contributed by atoms with Crippen molar-refractivity contribution in [3.63, 3.8) is 0 Å². The zero-order chi connectivity index (χ0) is 42.5. The van der Waals surface area contributed by atoms with Gasteiger partial charge >= 0.3 is 5.97 Å². The van der Waals surface area contributed by atoms with Gasteiger partial charge in [0.1, 0.15) is 18.2 Å². The van der Waals surface area contributed by atoms with Crippen molar-refractivity contribution < 1.29 is 32.9 Å². The number of nitrogens with zero attached hydrogens (tertiary/aromatic N) is 3. The minimum atomic E-state index is -0.812. The molecule has 0 heterocycles. The fraction of sp³-hybridized carbons (Fsp3) is 0.500. The normalized spacial score (nSPS) is 12.2. The lowest BCUT2D eigenvalue weighted by Gasteiger charge is -2.28. The minimum absolute atomic E-state index is 0.00153. The topological polar surface area (TPSA) is 103 Å². The summed E-state index contributed by atoms with van der Waals surface area (Å²) in [6.07, 6.45) is 3.17. The fourth-order valence-corrected chi connectivity index (χ4v) is 6.48. The number of carbonyl (C=O) groups excluding carboxylic acids is 3. The first-order valence-electron chi connectivity index (χ1n) is 20.4. The number of hydrogen-bond donors (Lipinski definition) is 2. The molecule has 2 N–H and O–H groups in total. The average molecular weight is 804 g/mol.